The van der Waals surface area contributed by atoms with Gasteiger partial charge in [0.2, 0.25) is 0 Å². The predicted octanol–water partition coefficient (Wildman–Crippen LogP) is 3.39. The molecule has 2 fully saturated rings. The summed E-state index contributed by atoms with van der Waals surface area (Å²) in [5, 5.41) is 0. The number of allylic oxidation sites excluding steroid dienone is 2. The molecular weight excluding hydrogens is 144 g/mol. The van der Waals surface area contributed by atoms with Gasteiger partial charge < -0.3 is 0 Å². The molecule has 4 atom stereocenters. The Labute approximate surface area is 75.0 Å². The van der Waals surface area contributed by atoms with Gasteiger partial charge >= 0.3 is 0 Å². The van der Waals surface area contributed by atoms with Crippen LogP contribution >= 0.6 is 0 Å². The zero-order valence-electron chi connectivity index (χ0n) is 7.92. The van der Waals surface area contributed by atoms with Crippen LogP contribution in [0.5, 0.6) is 0 Å². The SMILES string of the molecule is CC1=CC[C@H]2[C@H]3CC[C@@H](C3)[C@@H]2C1. The topological polar surface area (TPSA) is 0 Å². The van der Waals surface area contributed by atoms with Crippen LogP contribution in [0.2, 0.25) is 0 Å². The van der Waals surface area contributed by atoms with Crippen LogP contribution < -0.4 is 0 Å². The largest absolute Gasteiger partial charge is 0.0853 e. The fraction of sp³-hybridized carbons (Fsp3) is 0.833. The van der Waals surface area contributed by atoms with Crippen LogP contribution in [0.15, 0.2) is 11.6 Å². The Balaban J connectivity index is 1.88. The number of fused-ring (bicyclic) bond motifs is 5. The Morgan fingerprint density at radius 2 is 1.92 bits per heavy atom. The van der Waals surface area contributed by atoms with Crippen LogP contribution in [-0.4, -0.2) is 0 Å². The average Bonchev–Trinajstić information content (AvgIpc) is 2.63. The first-order chi connectivity index (χ1) is 5.84. The molecule has 12 heavy (non-hydrogen) atoms. The minimum absolute atomic E-state index is 1.10. The van der Waals surface area contributed by atoms with Gasteiger partial charge in [-0.25, -0.2) is 0 Å². The van der Waals surface area contributed by atoms with E-state index < -0.39 is 0 Å². The summed E-state index contributed by atoms with van der Waals surface area (Å²) in [5.74, 6) is 4.47. The maximum atomic E-state index is 2.50. The Kier molecular flexibility index (Phi) is 1.42. The van der Waals surface area contributed by atoms with Crippen molar-refractivity contribution in [2.75, 3.05) is 0 Å². The van der Waals surface area contributed by atoms with E-state index in [1.54, 1.807) is 24.8 Å². The van der Waals surface area contributed by atoms with Crippen molar-refractivity contribution in [3.8, 4) is 0 Å². The van der Waals surface area contributed by atoms with Crippen molar-refractivity contribution in [3.05, 3.63) is 11.6 Å². The summed E-state index contributed by atoms with van der Waals surface area (Å²) < 4.78 is 0. The molecule has 2 bridgehead atoms. The second-order valence-electron chi connectivity index (χ2n) is 5.15. The molecule has 3 rings (SSSR count). The van der Waals surface area contributed by atoms with Crippen LogP contribution in [0.1, 0.15) is 39.0 Å². The minimum atomic E-state index is 1.10. The van der Waals surface area contributed by atoms with Crippen molar-refractivity contribution < 1.29 is 0 Å². The van der Waals surface area contributed by atoms with E-state index in [4.69, 9.17) is 0 Å². The van der Waals surface area contributed by atoms with Gasteiger partial charge in [0, 0.05) is 0 Å². The van der Waals surface area contributed by atoms with Gasteiger partial charge in [-0.1, -0.05) is 11.6 Å². The molecule has 0 N–H and O–H groups in total. The second kappa shape index (κ2) is 2.37. The molecule has 0 saturated heterocycles. The van der Waals surface area contributed by atoms with E-state index in [1.165, 1.54) is 12.8 Å². The molecule has 0 nitrogen and oxygen atoms in total. The van der Waals surface area contributed by atoms with E-state index >= 15 is 0 Å². The van der Waals surface area contributed by atoms with E-state index in [0.717, 1.165) is 23.7 Å². The molecule has 0 aliphatic heterocycles. The number of rotatable bonds is 0. The number of hydrogen-bond donors (Lipinski definition) is 0. The zero-order valence-corrected chi connectivity index (χ0v) is 7.92. The van der Waals surface area contributed by atoms with Crippen LogP contribution in [-0.2, 0) is 0 Å². The van der Waals surface area contributed by atoms with Crippen LogP contribution in [0.4, 0.5) is 0 Å². The molecule has 3 aliphatic carbocycles. The van der Waals surface area contributed by atoms with Gasteiger partial charge in [0.15, 0.2) is 0 Å². The Bertz CT molecular complexity index is 226. The highest BCUT2D eigenvalue weighted by Gasteiger charge is 2.47. The Morgan fingerprint density at radius 3 is 2.75 bits per heavy atom. The molecule has 0 aromatic rings. The van der Waals surface area contributed by atoms with Crippen molar-refractivity contribution in [2.24, 2.45) is 23.7 Å². The van der Waals surface area contributed by atoms with Crippen molar-refractivity contribution in [1.29, 1.82) is 0 Å². The smallest absolute Gasteiger partial charge is 0.0289 e. The molecule has 2 saturated carbocycles. The Hall–Kier alpha value is -0.260. The molecule has 66 valence electrons. The zero-order chi connectivity index (χ0) is 8.13. The summed E-state index contributed by atoms with van der Waals surface area (Å²) in [6.07, 6.45) is 10.0. The van der Waals surface area contributed by atoms with E-state index in [0.29, 0.717) is 0 Å². The van der Waals surface area contributed by atoms with Crippen LogP contribution in [0, 0.1) is 23.7 Å². The molecule has 0 aromatic carbocycles. The standard InChI is InChI=1S/C12H18/c1-8-2-5-11-9-3-4-10(7-9)12(11)6-8/h2,9-12H,3-7H2,1H3/t9-,10-,11-,12-/m0/s1. The van der Waals surface area contributed by atoms with Gasteiger partial charge in [0.25, 0.3) is 0 Å². The van der Waals surface area contributed by atoms with E-state index in [9.17, 15) is 0 Å². The molecule has 0 unspecified atom stereocenters. The van der Waals surface area contributed by atoms with Crippen molar-refractivity contribution >= 4 is 0 Å². The molecule has 0 aromatic heterocycles. The molecule has 0 amide bonds. The third kappa shape index (κ3) is 0.841. The normalized spacial score (nSPS) is 50.6. The summed E-state index contributed by atoms with van der Waals surface area (Å²) in [6.45, 7) is 2.32. The second-order valence-corrected chi connectivity index (χ2v) is 5.15. The highest BCUT2D eigenvalue weighted by molar-refractivity contribution is 5.11. The summed E-state index contributed by atoms with van der Waals surface area (Å²) in [4.78, 5) is 0. The van der Waals surface area contributed by atoms with Gasteiger partial charge in [-0.05, 0) is 62.7 Å². The van der Waals surface area contributed by atoms with E-state index in [-0.39, 0.29) is 0 Å². The Morgan fingerprint density at radius 1 is 1.17 bits per heavy atom. The predicted molar refractivity (Wildman–Crippen MR) is 50.8 cm³/mol. The highest BCUT2D eigenvalue weighted by Crippen LogP contribution is 2.56. The molecule has 0 heteroatoms. The maximum absolute atomic E-state index is 2.50. The molecule has 0 radical (unpaired) electrons. The molecule has 3 aliphatic rings. The lowest BCUT2D eigenvalue weighted by atomic mass is 9.72. The van der Waals surface area contributed by atoms with Crippen molar-refractivity contribution in [3.63, 3.8) is 0 Å². The van der Waals surface area contributed by atoms with Gasteiger partial charge in [-0.15, -0.1) is 0 Å². The lowest BCUT2D eigenvalue weighted by Crippen LogP contribution is -2.24. The highest BCUT2D eigenvalue weighted by atomic mass is 14.5. The summed E-state index contributed by atoms with van der Waals surface area (Å²) >= 11 is 0. The molecule has 0 spiro atoms. The first-order valence-corrected chi connectivity index (χ1v) is 5.50. The van der Waals surface area contributed by atoms with Gasteiger partial charge in [0.1, 0.15) is 0 Å². The minimum Gasteiger partial charge on any atom is -0.0853 e. The van der Waals surface area contributed by atoms with Crippen molar-refractivity contribution in [2.45, 2.75) is 39.0 Å². The third-order valence-electron chi connectivity index (χ3n) is 4.57. The van der Waals surface area contributed by atoms with E-state index in [1.807, 2.05) is 0 Å². The molecule has 0 heterocycles. The van der Waals surface area contributed by atoms with Crippen LogP contribution in [0.25, 0.3) is 0 Å². The fourth-order valence-electron chi connectivity index (χ4n) is 4.01. The van der Waals surface area contributed by atoms with Gasteiger partial charge in [-0.2, -0.15) is 0 Å². The number of hydrogen-bond acceptors (Lipinski definition) is 0. The maximum Gasteiger partial charge on any atom is -0.0289 e. The first kappa shape index (κ1) is 7.17. The monoisotopic (exact) mass is 162 g/mol. The summed E-state index contributed by atoms with van der Waals surface area (Å²) in [5.41, 5.74) is 1.67. The van der Waals surface area contributed by atoms with Gasteiger partial charge in [0.05, 0.1) is 0 Å². The van der Waals surface area contributed by atoms with E-state index in [2.05, 4.69) is 13.0 Å². The van der Waals surface area contributed by atoms with Gasteiger partial charge in [-0.3, -0.25) is 0 Å². The fourth-order valence-corrected chi connectivity index (χ4v) is 4.01. The average molecular weight is 162 g/mol. The summed E-state index contributed by atoms with van der Waals surface area (Å²) in [6, 6.07) is 0. The lowest BCUT2D eigenvalue weighted by molar-refractivity contribution is 0.210. The first-order valence-electron chi connectivity index (χ1n) is 5.50. The van der Waals surface area contributed by atoms with Crippen LogP contribution in [0.3, 0.4) is 0 Å². The lowest BCUT2D eigenvalue weighted by Gasteiger charge is -2.34. The van der Waals surface area contributed by atoms with Crippen molar-refractivity contribution in [1.82, 2.24) is 0 Å². The summed E-state index contributed by atoms with van der Waals surface area (Å²) in [7, 11) is 0. The molecular formula is C12H18. The third-order valence-corrected chi connectivity index (χ3v) is 4.57. The quantitative estimate of drug-likeness (QED) is 0.479.